The van der Waals surface area contributed by atoms with E-state index >= 15 is 0 Å². The van der Waals surface area contributed by atoms with Gasteiger partial charge in [0.05, 0.1) is 6.10 Å². The summed E-state index contributed by atoms with van der Waals surface area (Å²) in [5, 5.41) is 9.91. The van der Waals surface area contributed by atoms with Gasteiger partial charge in [-0.3, -0.25) is 0 Å². The molecule has 18 heavy (non-hydrogen) atoms. The van der Waals surface area contributed by atoms with Crippen molar-refractivity contribution in [3.05, 3.63) is 23.8 Å². The van der Waals surface area contributed by atoms with Gasteiger partial charge in [-0.15, -0.1) is 0 Å². The fraction of sp³-hybridized carbons (Fsp3) is 0.625. The van der Waals surface area contributed by atoms with Crippen LogP contribution in [0.1, 0.15) is 58.4 Å². The minimum absolute atomic E-state index is 0.0817. The molecule has 0 aromatic heterocycles. The third-order valence-electron chi connectivity index (χ3n) is 3.67. The monoisotopic (exact) mass is 248 g/mol. The second-order valence-electron chi connectivity index (χ2n) is 6.31. The highest BCUT2D eigenvalue weighted by molar-refractivity contribution is 5.43. The molecule has 1 aliphatic carbocycles. The average Bonchev–Trinajstić information content (AvgIpc) is 2.32. The summed E-state index contributed by atoms with van der Waals surface area (Å²) in [5.74, 6) is 0.905. The zero-order chi connectivity index (χ0) is 13.2. The van der Waals surface area contributed by atoms with Crippen LogP contribution in [0, 0.1) is 0 Å². The molecule has 2 rings (SSSR count). The quantitative estimate of drug-likeness (QED) is 0.840. The predicted octanol–water partition coefficient (Wildman–Crippen LogP) is 4.40. The molecule has 1 fully saturated rings. The van der Waals surface area contributed by atoms with Crippen LogP contribution in [0.5, 0.6) is 11.5 Å². The van der Waals surface area contributed by atoms with Crippen LogP contribution in [0.3, 0.4) is 0 Å². The van der Waals surface area contributed by atoms with Gasteiger partial charge in [-0.1, -0.05) is 33.3 Å². The smallest absolute Gasteiger partial charge is 0.161 e. The molecule has 0 radical (unpaired) electrons. The van der Waals surface area contributed by atoms with E-state index in [2.05, 4.69) is 20.8 Å². The summed E-state index contributed by atoms with van der Waals surface area (Å²) in [6.45, 7) is 6.51. The third kappa shape index (κ3) is 3.18. The van der Waals surface area contributed by atoms with Crippen molar-refractivity contribution in [3.8, 4) is 11.5 Å². The number of hydrogen-bond donors (Lipinski definition) is 1. The van der Waals surface area contributed by atoms with Gasteiger partial charge in [0, 0.05) is 0 Å². The maximum atomic E-state index is 9.91. The van der Waals surface area contributed by atoms with Crippen molar-refractivity contribution < 1.29 is 9.84 Å². The van der Waals surface area contributed by atoms with E-state index in [0.717, 1.165) is 12.8 Å². The van der Waals surface area contributed by atoms with Crippen LogP contribution in [0.15, 0.2) is 18.2 Å². The van der Waals surface area contributed by atoms with E-state index in [1.165, 1.54) is 24.8 Å². The zero-order valence-electron chi connectivity index (χ0n) is 11.7. The molecule has 1 aliphatic rings. The number of phenols is 1. The lowest BCUT2D eigenvalue weighted by atomic mass is 9.87. The lowest BCUT2D eigenvalue weighted by Gasteiger charge is -2.25. The molecule has 0 heterocycles. The Morgan fingerprint density at radius 1 is 1.11 bits per heavy atom. The first-order valence-electron chi connectivity index (χ1n) is 6.97. The van der Waals surface area contributed by atoms with Gasteiger partial charge in [0.1, 0.15) is 0 Å². The molecule has 2 heteroatoms. The Kier molecular flexibility index (Phi) is 3.84. The Balaban J connectivity index is 2.15. The van der Waals surface area contributed by atoms with Crippen molar-refractivity contribution in [1.29, 1.82) is 0 Å². The molecule has 1 aromatic rings. The number of aromatic hydroxyl groups is 1. The fourth-order valence-electron chi connectivity index (χ4n) is 2.44. The summed E-state index contributed by atoms with van der Waals surface area (Å²) < 4.78 is 5.97. The van der Waals surface area contributed by atoms with Crippen molar-refractivity contribution in [2.75, 3.05) is 0 Å². The topological polar surface area (TPSA) is 29.5 Å². The van der Waals surface area contributed by atoms with Crippen molar-refractivity contribution in [2.45, 2.75) is 64.4 Å². The van der Waals surface area contributed by atoms with Gasteiger partial charge >= 0.3 is 0 Å². The van der Waals surface area contributed by atoms with E-state index in [1.807, 2.05) is 12.1 Å². The van der Waals surface area contributed by atoms with E-state index in [-0.39, 0.29) is 17.3 Å². The van der Waals surface area contributed by atoms with Crippen LogP contribution in [0.2, 0.25) is 0 Å². The second kappa shape index (κ2) is 5.21. The largest absolute Gasteiger partial charge is 0.504 e. The van der Waals surface area contributed by atoms with E-state index in [9.17, 15) is 5.11 Å². The predicted molar refractivity (Wildman–Crippen MR) is 74.3 cm³/mol. The first-order chi connectivity index (χ1) is 8.47. The van der Waals surface area contributed by atoms with E-state index in [4.69, 9.17) is 4.74 Å². The molecule has 0 amide bonds. The van der Waals surface area contributed by atoms with Gasteiger partial charge in [-0.25, -0.2) is 0 Å². The normalized spacial score (nSPS) is 17.7. The van der Waals surface area contributed by atoms with Crippen LogP contribution >= 0.6 is 0 Å². The number of rotatable bonds is 2. The Hall–Kier alpha value is -1.18. The Labute approximate surface area is 110 Å². The van der Waals surface area contributed by atoms with Crippen LogP contribution < -0.4 is 4.74 Å². The summed E-state index contributed by atoms with van der Waals surface area (Å²) >= 11 is 0. The van der Waals surface area contributed by atoms with Gasteiger partial charge in [0.25, 0.3) is 0 Å². The minimum Gasteiger partial charge on any atom is -0.504 e. The number of phenolic OH excluding ortho intramolecular Hbond substituents is 1. The molecule has 1 saturated carbocycles. The van der Waals surface area contributed by atoms with Gasteiger partial charge in [0.2, 0.25) is 0 Å². The third-order valence-corrected chi connectivity index (χ3v) is 3.67. The molecule has 0 spiro atoms. The van der Waals surface area contributed by atoms with Crippen molar-refractivity contribution in [1.82, 2.24) is 0 Å². The fourth-order valence-corrected chi connectivity index (χ4v) is 2.44. The van der Waals surface area contributed by atoms with Gasteiger partial charge < -0.3 is 9.84 Å². The molecule has 1 N–H and O–H groups in total. The molecule has 1 aromatic carbocycles. The summed E-state index contributed by atoms with van der Waals surface area (Å²) in [4.78, 5) is 0. The van der Waals surface area contributed by atoms with Crippen LogP contribution in [0.25, 0.3) is 0 Å². The van der Waals surface area contributed by atoms with Crippen molar-refractivity contribution in [3.63, 3.8) is 0 Å². The standard InChI is InChI=1S/C16H24O2/c1-16(2,3)12-9-10-14(17)15(11-12)18-13-7-5-4-6-8-13/h9-11,13,17H,4-8H2,1-3H3. The molecular weight excluding hydrogens is 224 g/mol. The van der Waals surface area contributed by atoms with Crippen LogP contribution in [0.4, 0.5) is 0 Å². The number of ether oxygens (including phenoxy) is 1. The molecule has 2 nitrogen and oxygen atoms in total. The number of benzene rings is 1. The van der Waals surface area contributed by atoms with Gasteiger partial charge in [-0.05, 0) is 48.8 Å². The molecular formula is C16H24O2. The maximum absolute atomic E-state index is 9.91. The molecule has 0 unspecified atom stereocenters. The summed E-state index contributed by atoms with van der Waals surface area (Å²) in [5.41, 5.74) is 1.28. The zero-order valence-corrected chi connectivity index (χ0v) is 11.7. The van der Waals surface area contributed by atoms with Crippen molar-refractivity contribution in [2.24, 2.45) is 0 Å². The van der Waals surface area contributed by atoms with Crippen molar-refractivity contribution >= 4 is 0 Å². The lowest BCUT2D eigenvalue weighted by Crippen LogP contribution is -2.20. The minimum atomic E-state index is 0.0817. The van der Waals surface area contributed by atoms with Crippen LogP contribution in [-0.4, -0.2) is 11.2 Å². The van der Waals surface area contributed by atoms with Crippen LogP contribution in [-0.2, 0) is 5.41 Å². The van der Waals surface area contributed by atoms with E-state index in [1.54, 1.807) is 6.07 Å². The SMILES string of the molecule is CC(C)(C)c1ccc(O)c(OC2CCCCC2)c1. The summed E-state index contributed by atoms with van der Waals surface area (Å²) in [6.07, 6.45) is 6.29. The van der Waals surface area contributed by atoms with E-state index < -0.39 is 0 Å². The molecule has 0 saturated heterocycles. The highest BCUT2D eigenvalue weighted by Crippen LogP contribution is 2.34. The summed E-state index contributed by atoms with van der Waals surface area (Å²) in [7, 11) is 0. The first-order valence-corrected chi connectivity index (χ1v) is 6.97. The Bertz CT molecular complexity index is 398. The molecule has 0 atom stereocenters. The summed E-state index contributed by atoms with van der Waals surface area (Å²) in [6, 6.07) is 5.71. The Morgan fingerprint density at radius 3 is 2.39 bits per heavy atom. The highest BCUT2D eigenvalue weighted by atomic mass is 16.5. The molecule has 100 valence electrons. The number of hydrogen-bond acceptors (Lipinski definition) is 2. The van der Waals surface area contributed by atoms with Gasteiger partial charge in [-0.2, -0.15) is 0 Å². The maximum Gasteiger partial charge on any atom is 0.161 e. The second-order valence-corrected chi connectivity index (χ2v) is 6.31. The molecule has 0 bridgehead atoms. The molecule has 0 aliphatic heterocycles. The Morgan fingerprint density at radius 2 is 1.78 bits per heavy atom. The first kappa shape index (κ1) is 13.3. The van der Waals surface area contributed by atoms with E-state index in [0.29, 0.717) is 5.75 Å². The average molecular weight is 248 g/mol. The lowest BCUT2D eigenvalue weighted by molar-refractivity contribution is 0.149. The van der Waals surface area contributed by atoms with Gasteiger partial charge in [0.15, 0.2) is 11.5 Å². The highest BCUT2D eigenvalue weighted by Gasteiger charge is 2.19.